The number of carbonyl (C=O) groups excluding carboxylic acids is 1. The van der Waals surface area contributed by atoms with E-state index in [2.05, 4.69) is 33.5 Å². The number of rotatable bonds is 8. The van der Waals surface area contributed by atoms with E-state index in [9.17, 15) is 4.79 Å². The largest absolute Gasteiger partial charge is 0.387 e. The van der Waals surface area contributed by atoms with Gasteiger partial charge in [-0.05, 0) is 49.4 Å². The lowest BCUT2D eigenvalue weighted by Gasteiger charge is -2.21. The lowest BCUT2D eigenvalue weighted by atomic mass is 10.2. The van der Waals surface area contributed by atoms with Crippen molar-refractivity contribution in [1.29, 1.82) is 0 Å². The minimum absolute atomic E-state index is 0.154. The topological polar surface area (TPSA) is 56.4 Å². The number of amides is 1. The summed E-state index contributed by atoms with van der Waals surface area (Å²) in [7, 11) is 1.79. The summed E-state index contributed by atoms with van der Waals surface area (Å²) in [4.78, 5) is 12.4. The van der Waals surface area contributed by atoms with Gasteiger partial charge >= 0.3 is 0 Å². The molecule has 3 N–H and O–H groups in total. The average molecular weight is 379 g/mol. The van der Waals surface area contributed by atoms with E-state index in [1.807, 2.05) is 24.3 Å². The van der Waals surface area contributed by atoms with Crippen LogP contribution >= 0.6 is 23.7 Å². The summed E-state index contributed by atoms with van der Waals surface area (Å²) in [5, 5.41) is 6.50. The second kappa shape index (κ2) is 9.56. The van der Waals surface area contributed by atoms with Gasteiger partial charge in [-0.3, -0.25) is 4.79 Å². The van der Waals surface area contributed by atoms with E-state index in [0.29, 0.717) is 16.3 Å². The van der Waals surface area contributed by atoms with Crippen LogP contribution in [0.3, 0.4) is 0 Å². The molecule has 0 bridgehead atoms. The van der Waals surface area contributed by atoms with Gasteiger partial charge in [-0.15, -0.1) is 0 Å². The Morgan fingerprint density at radius 1 is 1.16 bits per heavy atom. The van der Waals surface area contributed by atoms with Crippen LogP contribution in [0.2, 0.25) is 5.02 Å². The Bertz CT molecular complexity index is 709. The zero-order valence-corrected chi connectivity index (χ0v) is 16.2. The van der Waals surface area contributed by atoms with Crippen LogP contribution in [0.25, 0.3) is 0 Å². The molecular formula is C18H23ClN4OS. The quantitative estimate of drug-likeness (QED) is 0.584. The minimum Gasteiger partial charge on any atom is -0.387 e. The first-order valence-electron chi connectivity index (χ1n) is 8.15. The molecule has 0 saturated carbocycles. The summed E-state index contributed by atoms with van der Waals surface area (Å²) < 4.78 is 5.36. The molecule has 2 aromatic carbocycles. The van der Waals surface area contributed by atoms with Crippen LogP contribution in [0.1, 0.15) is 24.2 Å². The zero-order valence-electron chi connectivity index (χ0n) is 14.6. The van der Waals surface area contributed by atoms with E-state index in [1.165, 1.54) is 0 Å². The molecule has 7 heteroatoms. The van der Waals surface area contributed by atoms with Crippen molar-refractivity contribution in [1.82, 2.24) is 4.72 Å². The molecule has 0 saturated heterocycles. The van der Waals surface area contributed by atoms with Gasteiger partial charge in [-0.25, -0.2) is 4.72 Å². The first-order chi connectivity index (χ1) is 12.1. The van der Waals surface area contributed by atoms with Crippen molar-refractivity contribution in [2.45, 2.75) is 13.8 Å². The Labute approximate surface area is 158 Å². The summed E-state index contributed by atoms with van der Waals surface area (Å²) in [5.74, 6) is -0.154. The molecule has 0 aliphatic carbocycles. The standard InChI is InChI=1S/C18H23ClN4OS/c1-4-21-25-23(5-2)15-9-6-13(7-10-15)18(24)22-14-8-11-16(19)17(12-14)20-3/h6-12,20-21H,4-5H2,1-3H3,(H,22,24). The van der Waals surface area contributed by atoms with E-state index in [-0.39, 0.29) is 5.91 Å². The maximum absolute atomic E-state index is 12.4. The second-order valence-corrected chi connectivity index (χ2v) is 6.55. The van der Waals surface area contributed by atoms with Gasteiger partial charge in [-0.2, -0.15) is 0 Å². The Morgan fingerprint density at radius 3 is 2.48 bits per heavy atom. The molecule has 0 unspecified atom stereocenters. The number of anilines is 3. The molecule has 134 valence electrons. The van der Waals surface area contributed by atoms with E-state index < -0.39 is 0 Å². The number of carbonyl (C=O) groups is 1. The highest BCUT2D eigenvalue weighted by Gasteiger charge is 2.10. The number of hydrogen-bond acceptors (Lipinski definition) is 5. The first-order valence-corrected chi connectivity index (χ1v) is 9.30. The van der Waals surface area contributed by atoms with Gasteiger partial charge in [0, 0.05) is 49.2 Å². The Hall–Kier alpha value is -1.89. The monoisotopic (exact) mass is 378 g/mol. The molecule has 0 atom stereocenters. The zero-order chi connectivity index (χ0) is 18.2. The molecule has 0 fully saturated rings. The van der Waals surface area contributed by atoms with Crippen molar-refractivity contribution in [3.8, 4) is 0 Å². The number of benzene rings is 2. The Kier molecular flexibility index (Phi) is 7.43. The molecule has 0 aliphatic rings. The molecule has 1 amide bonds. The number of nitrogens with zero attached hydrogens (tertiary/aromatic N) is 1. The van der Waals surface area contributed by atoms with E-state index in [0.717, 1.165) is 24.5 Å². The molecule has 0 aliphatic heterocycles. The van der Waals surface area contributed by atoms with E-state index in [4.69, 9.17) is 11.6 Å². The molecule has 25 heavy (non-hydrogen) atoms. The van der Waals surface area contributed by atoms with Crippen LogP contribution in [-0.4, -0.2) is 26.0 Å². The van der Waals surface area contributed by atoms with Crippen LogP contribution in [0, 0.1) is 0 Å². The third-order valence-electron chi connectivity index (χ3n) is 3.52. The van der Waals surface area contributed by atoms with E-state index in [1.54, 1.807) is 37.4 Å². The highest BCUT2D eigenvalue weighted by atomic mass is 35.5. The van der Waals surface area contributed by atoms with Crippen LogP contribution in [0.15, 0.2) is 42.5 Å². The van der Waals surface area contributed by atoms with Gasteiger partial charge in [0.2, 0.25) is 0 Å². The fourth-order valence-electron chi connectivity index (χ4n) is 2.22. The lowest BCUT2D eigenvalue weighted by molar-refractivity contribution is 0.102. The van der Waals surface area contributed by atoms with Gasteiger partial charge in [0.25, 0.3) is 5.91 Å². The minimum atomic E-state index is -0.154. The number of nitrogens with one attached hydrogen (secondary N) is 3. The molecule has 0 aromatic heterocycles. The molecule has 2 rings (SSSR count). The SMILES string of the molecule is CCNSN(CC)c1ccc(C(=O)Nc2ccc(Cl)c(NC)c2)cc1. The normalized spacial score (nSPS) is 10.4. The van der Waals surface area contributed by atoms with Crippen molar-refractivity contribution in [2.24, 2.45) is 0 Å². The van der Waals surface area contributed by atoms with Crippen LogP contribution in [0.5, 0.6) is 0 Å². The van der Waals surface area contributed by atoms with Crippen LogP contribution in [-0.2, 0) is 0 Å². The summed E-state index contributed by atoms with van der Waals surface area (Å²) in [6, 6.07) is 12.9. The van der Waals surface area contributed by atoms with Crippen molar-refractivity contribution >= 4 is 46.7 Å². The fourth-order valence-corrected chi connectivity index (χ4v) is 3.07. The van der Waals surface area contributed by atoms with Crippen molar-refractivity contribution < 1.29 is 4.79 Å². The van der Waals surface area contributed by atoms with Crippen LogP contribution in [0.4, 0.5) is 17.1 Å². The van der Waals surface area contributed by atoms with Crippen molar-refractivity contribution in [2.75, 3.05) is 35.1 Å². The van der Waals surface area contributed by atoms with Gasteiger partial charge in [-0.1, -0.05) is 18.5 Å². The molecule has 5 nitrogen and oxygen atoms in total. The Morgan fingerprint density at radius 2 is 1.88 bits per heavy atom. The molecular weight excluding hydrogens is 356 g/mol. The highest BCUT2D eigenvalue weighted by molar-refractivity contribution is 7.98. The van der Waals surface area contributed by atoms with Gasteiger partial charge in [0.15, 0.2) is 0 Å². The van der Waals surface area contributed by atoms with Gasteiger partial charge < -0.3 is 14.9 Å². The summed E-state index contributed by atoms with van der Waals surface area (Å²) in [6.45, 7) is 5.90. The second-order valence-electron chi connectivity index (χ2n) is 5.23. The van der Waals surface area contributed by atoms with Crippen LogP contribution < -0.4 is 19.7 Å². The van der Waals surface area contributed by atoms with Crippen molar-refractivity contribution in [3.63, 3.8) is 0 Å². The lowest BCUT2D eigenvalue weighted by Crippen LogP contribution is -2.20. The number of halogens is 1. The van der Waals surface area contributed by atoms with E-state index >= 15 is 0 Å². The maximum atomic E-state index is 12.4. The molecule has 2 aromatic rings. The smallest absolute Gasteiger partial charge is 0.255 e. The molecule has 0 radical (unpaired) electrons. The van der Waals surface area contributed by atoms with Gasteiger partial charge in [0.1, 0.15) is 0 Å². The van der Waals surface area contributed by atoms with Gasteiger partial charge in [0.05, 0.1) is 10.7 Å². The first kappa shape index (κ1) is 19.4. The molecule has 0 heterocycles. The summed E-state index contributed by atoms with van der Waals surface area (Å²) >= 11 is 7.62. The average Bonchev–Trinajstić information content (AvgIpc) is 2.64. The summed E-state index contributed by atoms with van der Waals surface area (Å²) in [6.07, 6.45) is 0. The predicted molar refractivity (Wildman–Crippen MR) is 110 cm³/mol. The maximum Gasteiger partial charge on any atom is 0.255 e. The molecule has 0 spiro atoms. The van der Waals surface area contributed by atoms with Crippen molar-refractivity contribution in [3.05, 3.63) is 53.1 Å². The third kappa shape index (κ3) is 5.29. The highest BCUT2D eigenvalue weighted by Crippen LogP contribution is 2.26. The summed E-state index contributed by atoms with van der Waals surface area (Å²) in [5.41, 5.74) is 3.12. The Balaban J connectivity index is 2.07. The fraction of sp³-hybridized carbons (Fsp3) is 0.278. The number of hydrogen-bond donors (Lipinski definition) is 3. The third-order valence-corrected chi connectivity index (χ3v) is 4.95. The predicted octanol–water partition coefficient (Wildman–Crippen LogP) is 4.63.